The lowest BCUT2D eigenvalue weighted by atomic mass is 10.3. The van der Waals surface area contributed by atoms with Crippen molar-refractivity contribution >= 4 is 84.9 Å². The van der Waals surface area contributed by atoms with Gasteiger partial charge in [-0.3, -0.25) is 14.5 Å². The standard InChI is InChI=1S/C16H12BrNO3S4/c17-13-6-5-11(24-13)10-4-3-9(23-10)8-12-15(21)18(16(22)25-12)7-1-2-14(19)20/h3-6,8H,1-2,7H2,(H,19,20). The SMILES string of the molecule is O=C(O)CCCN1C(=O)C(=Cc2ccc(-c3ccc(Br)s3)s2)SC1=S. The molecule has 2 aromatic heterocycles. The third kappa shape index (κ3) is 4.59. The van der Waals surface area contributed by atoms with Crippen LogP contribution >= 0.6 is 62.6 Å². The Balaban J connectivity index is 1.71. The highest BCUT2D eigenvalue weighted by Gasteiger charge is 2.31. The number of thiocarbonyl (C=S) groups is 1. The summed E-state index contributed by atoms with van der Waals surface area (Å²) < 4.78 is 1.57. The first-order valence-electron chi connectivity index (χ1n) is 7.27. The molecule has 1 N–H and O–H groups in total. The Kier molecular flexibility index (Phi) is 6.11. The van der Waals surface area contributed by atoms with Crippen LogP contribution in [-0.4, -0.2) is 32.7 Å². The Morgan fingerprint density at radius 1 is 1.24 bits per heavy atom. The fraction of sp³-hybridized carbons (Fsp3) is 0.188. The topological polar surface area (TPSA) is 57.6 Å². The molecule has 25 heavy (non-hydrogen) atoms. The molecule has 3 heterocycles. The van der Waals surface area contributed by atoms with Crippen LogP contribution in [0.4, 0.5) is 0 Å². The maximum Gasteiger partial charge on any atom is 0.303 e. The summed E-state index contributed by atoms with van der Waals surface area (Å²) in [5, 5.41) is 8.71. The van der Waals surface area contributed by atoms with Gasteiger partial charge in [-0.1, -0.05) is 24.0 Å². The maximum atomic E-state index is 12.5. The molecule has 1 amide bonds. The van der Waals surface area contributed by atoms with Gasteiger partial charge in [-0.2, -0.15) is 0 Å². The molecule has 4 nitrogen and oxygen atoms in total. The number of carboxylic acid groups (broad SMARTS) is 1. The van der Waals surface area contributed by atoms with E-state index in [0.717, 1.165) is 13.5 Å². The Labute approximate surface area is 170 Å². The van der Waals surface area contributed by atoms with Gasteiger partial charge in [0.2, 0.25) is 0 Å². The van der Waals surface area contributed by atoms with E-state index in [1.165, 1.54) is 21.5 Å². The first kappa shape index (κ1) is 18.8. The minimum absolute atomic E-state index is 0.0285. The van der Waals surface area contributed by atoms with Crippen LogP contribution < -0.4 is 0 Å². The van der Waals surface area contributed by atoms with Gasteiger partial charge in [-0.15, -0.1) is 22.7 Å². The van der Waals surface area contributed by atoms with Crippen LogP contribution in [0, 0.1) is 0 Å². The van der Waals surface area contributed by atoms with Crippen LogP contribution in [0.5, 0.6) is 0 Å². The molecule has 0 bridgehead atoms. The highest BCUT2D eigenvalue weighted by Crippen LogP contribution is 2.38. The average molecular weight is 474 g/mol. The average Bonchev–Trinajstić information content (AvgIpc) is 3.23. The number of halogens is 1. The molecule has 1 saturated heterocycles. The number of carbonyl (C=O) groups is 2. The zero-order chi connectivity index (χ0) is 18.0. The van der Waals surface area contributed by atoms with Gasteiger partial charge in [-0.25, -0.2) is 0 Å². The first-order chi connectivity index (χ1) is 11.9. The van der Waals surface area contributed by atoms with E-state index in [0.29, 0.717) is 22.2 Å². The number of aliphatic carboxylic acids is 1. The van der Waals surface area contributed by atoms with Crippen molar-refractivity contribution in [2.75, 3.05) is 6.54 Å². The number of rotatable bonds is 6. The van der Waals surface area contributed by atoms with Crippen LogP contribution in [-0.2, 0) is 9.59 Å². The summed E-state index contributed by atoms with van der Waals surface area (Å²) in [5.74, 6) is -1.01. The van der Waals surface area contributed by atoms with Gasteiger partial charge in [0.05, 0.1) is 8.69 Å². The number of carboxylic acids is 1. The molecule has 9 heteroatoms. The summed E-state index contributed by atoms with van der Waals surface area (Å²) in [6, 6.07) is 8.11. The summed E-state index contributed by atoms with van der Waals surface area (Å²) >= 11 is 13.3. The molecule has 0 spiro atoms. The summed E-state index contributed by atoms with van der Waals surface area (Å²) in [6.45, 7) is 0.340. The Morgan fingerprint density at radius 2 is 1.96 bits per heavy atom. The first-order valence-corrected chi connectivity index (χ1v) is 10.9. The molecule has 130 valence electrons. The molecule has 1 fully saturated rings. The number of hydrogen-bond donors (Lipinski definition) is 1. The second-order valence-corrected chi connectivity index (χ2v) is 10.4. The van der Waals surface area contributed by atoms with Crippen LogP contribution in [0.2, 0.25) is 0 Å². The third-order valence-corrected chi connectivity index (χ3v) is 7.59. The Bertz CT molecular complexity index is 870. The van der Waals surface area contributed by atoms with Crippen molar-refractivity contribution < 1.29 is 14.7 Å². The van der Waals surface area contributed by atoms with E-state index in [2.05, 4.69) is 22.0 Å². The van der Waals surface area contributed by atoms with Gasteiger partial charge in [0.1, 0.15) is 4.32 Å². The molecule has 2 aromatic rings. The molecule has 0 saturated carbocycles. The number of hydrogen-bond acceptors (Lipinski definition) is 6. The van der Waals surface area contributed by atoms with E-state index in [4.69, 9.17) is 17.3 Å². The van der Waals surface area contributed by atoms with E-state index < -0.39 is 5.97 Å². The molecule has 1 aliphatic rings. The molecular weight excluding hydrogens is 462 g/mol. The molecule has 0 aliphatic carbocycles. The maximum absolute atomic E-state index is 12.5. The Morgan fingerprint density at radius 3 is 2.64 bits per heavy atom. The van der Waals surface area contributed by atoms with E-state index in [1.807, 2.05) is 24.3 Å². The highest BCUT2D eigenvalue weighted by atomic mass is 79.9. The second kappa shape index (κ2) is 8.13. The molecule has 0 atom stereocenters. The predicted octanol–water partition coefficient (Wildman–Crippen LogP) is 5.31. The van der Waals surface area contributed by atoms with Crippen LogP contribution in [0.25, 0.3) is 15.8 Å². The summed E-state index contributed by atoms with van der Waals surface area (Å²) in [5.41, 5.74) is 0. The van der Waals surface area contributed by atoms with Crippen molar-refractivity contribution in [1.82, 2.24) is 4.90 Å². The van der Waals surface area contributed by atoms with Gasteiger partial charge in [0.25, 0.3) is 5.91 Å². The summed E-state index contributed by atoms with van der Waals surface area (Å²) in [4.78, 5) is 28.5. The lowest BCUT2D eigenvalue weighted by molar-refractivity contribution is -0.137. The molecule has 1 aliphatic heterocycles. The van der Waals surface area contributed by atoms with Gasteiger partial charge in [0.15, 0.2) is 0 Å². The van der Waals surface area contributed by atoms with Crippen molar-refractivity contribution in [2.45, 2.75) is 12.8 Å². The zero-order valence-corrected chi connectivity index (χ0v) is 17.6. The fourth-order valence-corrected chi connectivity index (χ4v) is 6.02. The molecular formula is C16H12BrNO3S4. The molecule has 0 unspecified atom stereocenters. The highest BCUT2D eigenvalue weighted by molar-refractivity contribution is 9.11. The lowest BCUT2D eigenvalue weighted by Gasteiger charge is -2.13. The number of thiophene rings is 2. The van der Waals surface area contributed by atoms with Crippen molar-refractivity contribution in [1.29, 1.82) is 0 Å². The van der Waals surface area contributed by atoms with E-state index in [9.17, 15) is 9.59 Å². The molecule has 0 aromatic carbocycles. The quantitative estimate of drug-likeness (QED) is 0.455. The number of thioether (sulfide) groups is 1. The van der Waals surface area contributed by atoms with E-state index in [-0.39, 0.29) is 12.3 Å². The van der Waals surface area contributed by atoms with Gasteiger partial charge >= 0.3 is 5.97 Å². The van der Waals surface area contributed by atoms with Crippen LogP contribution in [0.15, 0.2) is 33.0 Å². The molecule has 0 radical (unpaired) electrons. The molecule has 3 rings (SSSR count). The monoisotopic (exact) mass is 473 g/mol. The van der Waals surface area contributed by atoms with E-state index in [1.54, 1.807) is 22.7 Å². The fourth-order valence-electron chi connectivity index (χ4n) is 2.22. The van der Waals surface area contributed by atoms with Gasteiger partial charge in [-0.05, 0) is 52.7 Å². The van der Waals surface area contributed by atoms with Crippen LogP contribution in [0.3, 0.4) is 0 Å². The van der Waals surface area contributed by atoms with Crippen molar-refractivity contribution in [2.24, 2.45) is 0 Å². The predicted molar refractivity (Wildman–Crippen MR) is 112 cm³/mol. The number of amides is 1. The normalized spacial score (nSPS) is 16.2. The zero-order valence-electron chi connectivity index (χ0n) is 12.7. The van der Waals surface area contributed by atoms with E-state index >= 15 is 0 Å². The number of carbonyl (C=O) groups excluding carboxylic acids is 1. The van der Waals surface area contributed by atoms with Gasteiger partial charge in [0, 0.05) is 27.6 Å². The van der Waals surface area contributed by atoms with Crippen molar-refractivity contribution in [3.63, 3.8) is 0 Å². The van der Waals surface area contributed by atoms with Crippen molar-refractivity contribution in [3.8, 4) is 9.75 Å². The number of nitrogens with zero attached hydrogens (tertiary/aromatic N) is 1. The largest absolute Gasteiger partial charge is 0.481 e. The second-order valence-electron chi connectivity index (χ2n) is 5.14. The smallest absolute Gasteiger partial charge is 0.303 e. The van der Waals surface area contributed by atoms with Crippen molar-refractivity contribution in [3.05, 3.63) is 37.8 Å². The minimum Gasteiger partial charge on any atom is -0.481 e. The summed E-state index contributed by atoms with van der Waals surface area (Å²) in [6.07, 6.45) is 2.28. The summed E-state index contributed by atoms with van der Waals surface area (Å²) in [7, 11) is 0. The van der Waals surface area contributed by atoms with Gasteiger partial charge < -0.3 is 5.11 Å². The third-order valence-electron chi connectivity index (χ3n) is 3.36. The Hall–Kier alpha value is -1.000. The minimum atomic E-state index is -0.868. The lowest BCUT2D eigenvalue weighted by Crippen LogP contribution is -2.29. The van der Waals surface area contributed by atoms with Crippen LogP contribution in [0.1, 0.15) is 17.7 Å².